The zero-order valence-electron chi connectivity index (χ0n) is 14.1. The third-order valence-electron chi connectivity index (χ3n) is 3.61. The molecule has 0 atom stereocenters. The van der Waals surface area contributed by atoms with E-state index >= 15 is 0 Å². The average Bonchev–Trinajstić information content (AvgIpc) is 2.98. The minimum atomic E-state index is -4.27. The number of H-pyrrole nitrogens is 1. The largest absolute Gasteiger partial charge is 0.411 e. The predicted octanol–water partition coefficient (Wildman–Crippen LogP) is 2.84. The molecule has 1 aromatic heterocycles. The molecule has 0 fully saturated rings. The van der Waals surface area contributed by atoms with Gasteiger partial charge in [-0.25, -0.2) is 0 Å². The number of benzene rings is 1. The van der Waals surface area contributed by atoms with Gasteiger partial charge in [0.2, 0.25) is 0 Å². The smallest absolute Gasteiger partial charge is 0.372 e. The number of hydrogen-bond acceptors (Lipinski definition) is 2. The molecule has 2 aromatic rings. The molecule has 1 heterocycles. The van der Waals surface area contributed by atoms with Crippen LogP contribution in [-0.4, -0.2) is 50.5 Å². The van der Waals surface area contributed by atoms with Gasteiger partial charge >= 0.3 is 6.18 Å². The number of aromatic amines is 1. The highest BCUT2D eigenvalue weighted by Gasteiger charge is 2.27. The van der Waals surface area contributed by atoms with Crippen LogP contribution in [0.15, 0.2) is 35.5 Å². The van der Waals surface area contributed by atoms with Gasteiger partial charge in [-0.1, -0.05) is 18.2 Å². The maximum atomic E-state index is 11.9. The van der Waals surface area contributed by atoms with E-state index in [1.54, 1.807) is 7.05 Å². The summed E-state index contributed by atoms with van der Waals surface area (Å²) in [4.78, 5) is 7.33. The minimum Gasteiger partial charge on any atom is -0.372 e. The molecule has 0 bridgehead atoms. The van der Waals surface area contributed by atoms with Gasteiger partial charge in [0.15, 0.2) is 5.96 Å². The summed E-state index contributed by atoms with van der Waals surface area (Å²) in [6, 6.07) is 8.11. The van der Waals surface area contributed by atoms with E-state index in [1.165, 1.54) is 10.9 Å². The summed E-state index contributed by atoms with van der Waals surface area (Å²) < 4.78 is 40.3. The van der Waals surface area contributed by atoms with Crippen LogP contribution in [0.5, 0.6) is 0 Å². The Balaban J connectivity index is 1.64. The van der Waals surface area contributed by atoms with Crippen LogP contribution in [0.3, 0.4) is 0 Å². The number of ether oxygens (including phenoxy) is 1. The number of guanidine groups is 1. The van der Waals surface area contributed by atoms with Gasteiger partial charge in [0.25, 0.3) is 0 Å². The maximum absolute atomic E-state index is 11.9. The standard InChI is InChI=1S/C17H23F3N4O/c1-21-16(22-8-4-10-25-12-17(18,19)20)23-9-7-13-11-24-15-6-3-2-5-14(13)15/h2-3,5-6,11,24H,4,7-10,12H2,1H3,(H2,21,22,23). The summed E-state index contributed by atoms with van der Waals surface area (Å²) in [7, 11) is 1.65. The van der Waals surface area contributed by atoms with E-state index in [2.05, 4.69) is 31.4 Å². The van der Waals surface area contributed by atoms with Crippen molar-refractivity contribution in [1.82, 2.24) is 15.6 Å². The van der Waals surface area contributed by atoms with Crippen LogP contribution in [-0.2, 0) is 11.2 Å². The summed E-state index contributed by atoms with van der Waals surface area (Å²) in [6.07, 6.45) is -0.966. The molecule has 138 valence electrons. The highest BCUT2D eigenvalue weighted by atomic mass is 19.4. The number of nitrogens with one attached hydrogen (secondary N) is 3. The molecule has 0 radical (unpaired) electrons. The Kier molecular flexibility index (Phi) is 7.12. The van der Waals surface area contributed by atoms with Crippen molar-refractivity contribution < 1.29 is 17.9 Å². The zero-order chi connectivity index (χ0) is 18.1. The molecule has 0 aliphatic rings. The third kappa shape index (κ3) is 6.66. The van der Waals surface area contributed by atoms with Crippen molar-refractivity contribution >= 4 is 16.9 Å². The predicted molar refractivity (Wildman–Crippen MR) is 92.9 cm³/mol. The second-order valence-electron chi connectivity index (χ2n) is 5.56. The average molecular weight is 356 g/mol. The Morgan fingerprint density at radius 2 is 1.96 bits per heavy atom. The molecule has 8 heteroatoms. The van der Waals surface area contributed by atoms with Gasteiger partial charge in [0.1, 0.15) is 6.61 Å². The fraction of sp³-hybridized carbons (Fsp3) is 0.471. The molecular weight excluding hydrogens is 333 g/mol. The minimum absolute atomic E-state index is 0.0544. The lowest BCUT2D eigenvalue weighted by Gasteiger charge is -2.12. The summed E-state index contributed by atoms with van der Waals surface area (Å²) in [5.74, 6) is 0.621. The normalized spacial score (nSPS) is 12.6. The monoisotopic (exact) mass is 356 g/mol. The van der Waals surface area contributed by atoms with Crippen molar-refractivity contribution in [3.05, 3.63) is 36.0 Å². The molecule has 0 saturated carbocycles. The number of aromatic nitrogens is 1. The Hall–Kier alpha value is -2.22. The first-order valence-corrected chi connectivity index (χ1v) is 8.13. The summed E-state index contributed by atoms with van der Waals surface area (Å²) >= 11 is 0. The highest BCUT2D eigenvalue weighted by Crippen LogP contribution is 2.17. The third-order valence-corrected chi connectivity index (χ3v) is 3.61. The van der Waals surface area contributed by atoms with E-state index in [1.807, 2.05) is 24.4 Å². The quantitative estimate of drug-likeness (QED) is 0.387. The summed E-state index contributed by atoms with van der Waals surface area (Å²) in [6.45, 7) is 0.0418. The van der Waals surface area contributed by atoms with Crippen LogP contribution in [0.1, 0.15) is 12.0 Å². The number of para-hydroxylation sites is 1. The second kappa shape index (κ2) is 9.31. The number of rotatable bonds is 8. The molecule has 2 rings (SSSR count). The first-order chi connectivity index (χ1) is 12.0. The lowest BCUT2D eigenvalue weighted by atomic mass is 10.1. The number of halogens is 3. The number of fused-ring (bicyclic) bond motifs is 1. The summed E-state index contributed by atoms with van der Waals surface area (Å²) in [5, 5.41) is 7.45. The van der Waals surface area contributed by atoms with Crippen molar-refractivity contribution in [2.45, 2.75) is 19.0 Å². The lowest BCUT2D eigenvalue weighted by molar-refractivity contribution is -0.173. The molecule has 1 aromatic carbocycles. The molecule has 0 spiro atoms. The number of hydrogen-bond donors (Lipinski definition) is 3. The highest BCUT2D eigenvalue weighted by molar-refractivity contribution is 5.83. The summed E-state index contributed by atoms with van der Waals surface area (Å²) in [5.41, 5.74) is 2.33. The van der Waals surface area contributed by atoms with Gasteiger partial charge in [-0.2, -0.15) is 13.2 Å². The molecule has 0 amide bonds. The molecule has 0 aliphatic heterocycles. The van der Waals surface area contributed by atoms with Crippen molar-refractivity contribution in [3.8, 4) is 0 Å². The van der Waals surface area contributed by atoms with Gasteiger partial charge < -0.3 is 20.4 Å². The van der Waals surface area contributed by atoms with Crippen LogP contribution >= 0.6 is 0 Å². The molecule has 3 N–H and O–H groups in total. The van der Waals surface area contributed by atoms with E-state index in [9.17, 15) is 13.2 Å². The van der Waals surface area contributed by atoms with Crippen LogP contribution in [0.25, 0.3) is 10.9 Å². The second-order valence-corrected chi connectivity index (χ2v) is 5.56. The topological polar surface area (TPSA) is 61.4 Å². The first kappa shape index (κ1) is 19.1. The molecular formula is C17H23F3N4O. The Morgan fingerprint density at radius 3 is 2.72 bits per heavy atom. The van der Waals surface area contributed by atoms with Crippen LogP contribution in [0, 0.1) is 0 Å². The van der Waals surface area contributed by atoms with E-state index in [0.29, 0.717) is 25.5 Å². The van der Waals surface area contributed by atoms with Crippen molar-refractivity contribution in [1.29, 1.82) is 0 Å². The Morgan fingerprint density at radius 1 is 1.20 bits per heavy atom. The van der Waals surface area contributed by atoms with E-state index < -0.39 is 12.8 Å². The number of alkyl halides is 3. The van der Waals surface area contributed by atoms with Crippen LogP contribution in [0.2, 0.25) is 0 Å². The number of nitrogens with zero attached hydrogens (tertiary/aromatic N) is 1. The van der Waals surface area contributed by atoms with Gasteiger partial charge in [-0.05, 0) is 24.5 Å². The Bertz CT molecular complexity index is 682. The first-order valence-electron chi connectivity index (χ1n) is 8.13. The molecule has 0 saturated heterocycles. The molecule has 0 aliphatic carbocycles. The van der Waals surface area contributed by atoms with E-state index in [4.69, 9.17) is 0 Å². The fourth-order valence-corrected chi connectivity index (χ4v) is 2.44. The fourth-order valence-electron chi connectivity index (χ4n) is 2.44. The van der Waals surface area contributed by atoms with Crippen molar-refractivity contribution in [3.63, 3.8) is 0 Å². The Labute approximate surface area is 144 Å². The molecule has 25 heavy (non-hydrogen) atoms. The van der Waals surface area contributed by atoms with E-state index in [0.717, 1.165) is 11.9 Å². The number of aliphatic imine (C=N–C) groups is 1. The van der Waals surface area contributed by atoms with E-state index in [-0.39, 0.29) is 6.61 Å². The van der Waals surface area contributed by atoms with Crippen molar-refractivity contribution in [2.24, 2.45) is 4.99 Å². The van der Waals surface area contributed by atoms with Crippen molar-refractivity contribution in [2.75, 3.05) is 33.4 Å². The van der Waals surface area contributed by atoms with Crippen LogP contribution in [0.4, 0.5) is 13.2 Å². The van der Waals surface area contributed by atoms with Gasteiger partial charge in [0.05, 0.1) is 0 Å². The zero-order valence-corrected chi connectivity index (χ0v) is 14.1. The molecule has 5 nitrogen and oxygen atoms in total. The van der Waals surface area contributed by atoms with Gasteiger partial charge in [0, 0.05) is 43.8 Å². The van der Waals surface area contributed by atoms with Gasteiger partial charge in [-0.15, -0.1) is 0 Å². The SMILES string of the molecule is CN=C(NCCCOCC(F)(F)F)NCCc1c[nH]c2ccccc12. The van der Waals surface area contributed by atoms with Crippen LogP contribution < -0.4 is 10.6 Å². The van der Waals surface area contributed by atoms with Gasteiger partial charge in [-0.3, -0.25) is 4.99 Å². The maximum Gasteiger partial charge on any atom is 0.411 e. The lowest BCUT2D eigenvalue weighted by Crippen LogP contribution is -2.39. The molecule has 0 unspecified atom stereocenters.